The van der Waals surface area contributed by atoms with Crippen LogP contribution < -0.4 is 9.64 Å². The molecule has 0 N–H and O–H groups in total. The van der Waals surface area contributed by atoms with Crippen molar-refractivity contribution in [3.05, 3.63) is 77.7 Å². The van der Waals surface area contributed by atoms with Crippen molar-refractivity contribution in [1.29, 1.82) is 5.26 Å². The maximum absolute atomic E-state index is 13.0. The summed E-state index contributed by atoms with van der Waals surface area (Å²) in [4.78, 5) is 21.8. The number of pyridine rings is 2. The molecule has 5 rings (SSSR count). The molecule has 0 spiro atoms. The molecule has 1 aromatic carbocycles. The molecular weight excluding hydrogens is 464 g/mol. The zero-order valence-corrected chi connectivity index (χ0v) is 20.6. The van der Waals surface area contributed by atoms with Gasteiger partial charge in [0, 0.05) is 55.5 Å². The molecule has 1 aliphatic rings. The maximum Gasteiger partial charge on any atom is 0.253 e. The summed E-state index contributed by atoms with van der Waals surface area (Å²) in [5.41, 5.74) is 4.56. The van der Waals surface area contributed by atoms with E-state index in [2.05, 4.69) is 22.0 Å². The van der Waals surface area contributed by atoms with E-state index in [0.717, 1.165) is 28.0 Å². The smallest absolute Gasteiger partial charge is 0.253 e. The van der Waals surface area contributed by atoms with E-state index in [9.17, 15) is 10.1 Å². The van der Waals surface area contributed by atoms with Crippen LogP contribution in [-0.2, 0) is 6.42 Å². The van der Waals surface area contributed by atoms with Gasteiger partial charge in [-0.1, -0.05) is 12.1 Å². The van der Waals surface area contributed by atoms with Gasteiger partial charge in [0.05, 0.1) is 30.1 Å². The second kappa shape index (κ2) is 10.4. The quantitative estimate of drug-likeness (QED) is 0.382. The molecule has 8 nitrogen and oxygen atoms in total. The Morgan fingerprint density at radius 2 is 1.97 bits per heavy atom. The molecule has 0 atom stereocenters. The van der Waals surface area contributed by atoms with E-state index in [-0.39, 0.29) is 5.91 Å². The summed E-state index contributed by atoms with van der Waals surface area (Å²) in [5.74, 6) is 4.17. The molecule has 184 valence electrons. The van der Waals surface area contributed by atoms with Crippen molar-refractivity contribution >= 4 is 17.2 Å². The number of nitrogens with zero attached hydrogens (tertiary/aromatic N) is 6. The number of amides is 1. The van der Waals surface area contributed by atoms with Crippen LogP contribution in [-0.4, -0.2) is 58.2 Å². The van der Waals surface area contributed by atoms with Gasteiger partial charge < -0.3 is 14.5 Å². The number of anilines is 1. The number of terminal acetylenes is 1. The number of carbonyl (C=O) groups excluding carboxylic acids is 1. The summed E-state index contributed by atoms with van der Waals surface area (Å²) >= 11 is 0. The molecule has 0 unspecified atom stereocenters. The molecule has 1 fully saturated rings. The number of carbonyl (C=O) groups is 1. The summed E-state index contributed by atoms with van der Waals surface area (Å²) in [6, 6.07) is 15.6. The number of benzene rings is 1. The van der Waals surface area contributed by atoms with Crippen LogP contribution in [0, 0.1) is 23.7 Å². The summed E-state index contributed by atoms with van der Waals surface area (Å²) in [6.07, 6.45) is 11.1. The first-order valence-electron chi connectivity index (χ1n) is 12.2. The molecule has 8 heteroatoms. The Hall–Kier alpha value is -4.82. The molecule has 1 aliphatic heterocycles. The van der Waals surface area contributed by atoms with Crippen LogP contribution in [0.2, 0.25) is 0 Å². The highest BCUT2D eigenvalue weighted by Gasteiger charge is 2.23. The third-order valence-corrected chi connectivity index (χ3v) is 6.45. The minimum Gasteiger partial charge on any atom is -0.492 e. The summed E-state index contributed by atoms with van der Waals surface area (Å²) < 4.78 is 7.38. The van der Waals surface area contributed by atoms with Gasteiger partial charge in [-0.05, 0) is 42.8 Å². The SMILES string of the molecule is C#CCc1cccc(C(=O)N2CCN(c3ccc(-c4cc(OCC)cn5ncc(C#N)c45)cn3)CC2)c1. The van der Waals surface area contributed by atoms with Crippen LogP contribution in [0.5, 0.6) is 5.75 Å². The summed E-state index contributed by atoms with van der Waals surface area (Å²) in [5, 5.41) is 13.9. The Bertz CT molecular complexity index is 1520. The normalized spacial score (nSPS) is 13.3. The van der Waals surface area contributed by atoms with Gasteiger partial charge in [0.2, 0.25) is 0 Å². The van der Waals surface area contributed by atoms with Crippen molar-refractivity contribution < 1.29 is 9.53 Å². The van der Waals surface area contributed by atoms with Gasteiger partial charge in [0.25, 0.3) is 5.91 Å². The standard InChI is InChI=1S/C29H26N6O2/c1-3-6-21-7-5-8-22(15-21)29(36)34-13-11-33(12-14-34)27-10-9-23(18-31-27)26-16-25(37-4-2)20-35-28(26)24(17-30)19-32-35/h1,5,7-10,15-16,18-20H,4,6,11-14H2,2H3. The number of piperazine rings is 1. The van der Waals surface area contributed by atoms with Gasteiger partial charge in [0.1, 0.15) is 17.6 Å². The second-order valence-electron chi connectivity index (χ2n) is 8.75. The Balaban J connectivity index is 1.31. The fourth-order valence-electron chi connectivity index (χ4n) is 4.63. The zero-order valence-electron chi connectivity index (χ0n) is 20.6. The highest BCUT2D eigenvalue weighted by atomic mass is 16.5. The molecule has 3 aromatic heterocycles. The minimum atomic E-state index is 0.0223. The number of rotatable bonds is 6. The van der Waals surface area contributed by atoms with Gasteiger partial charge in [-0.2, -0.15) is 10.4 Å². The van der Waals surface area contributed by atoms with Crippen molar-refractivity contribution in [1.82, 2.24) is 19.5 Å². The second-order valence-corrected chi connectivity index (χ2v) is 8.75. The van der Waals surface area contributed by atoms with Crippen LogP contribution in [0.15, 0.2) is 61.1 Å². The van der Waals surface area contributed by atoms with E-state index in [1.165, 1.54) is 0 Å². The Morgan fingerprint density at radius 1 is 1.14 bits per heavy atom. The lowest BCUT2D eigenvalue weighted by Gasteiger charge is -2.35. The Morgan fingerprint density at radius 3 is 2.68 bits per heavy atom. The zero-order chi connectivity index (χ0) is 25.8. The van der Waals surface area contributed by atoms with Crippen molar-refractivity contribution in [2.24, 2.45) is 0 Å². The van der Waals surface area contributed by atoms with E-state index in [1.54, 1.807) is 16.9 Å². The van der Waals surface area contributed by atoms with Crippen molar-refractivity contribution in [2.45, 2.75) is 13.3 Å². The number of hydrogen-bond donors (Lipinski definition) is 0. The van der Waals surface area contributed by atoms with Crippen molar-refractivity contribution in [2.75, 3.05) is 37.7 Å². The van der Waals surface area contributed by atoms with Crippen molar-refractivity contribution in [3.8, 4) is 35.3 Å². The third kappa shape index (κ3) is 4.82. The number of aromatic nitrogens is 3. The summed E-state index contributed by atoms with van der Waals surface area (Å²) in [6.45, 7) is 5.05. The number of nitriles is 1. The van der Waals surface area contributed by atoms with Crippen LogP contribution in [0.25, 0.3) is 16.6 Å². The molecular formula is C29H26N6O2. The molecule has 0 aliphatic carbocycles. The molecule has 1 saturated heterocycles. The highest BCUT2D eigenvalue weighted by Crippen LogP contribution is 2.31. The lowest BCUT2D eigenvalue weighted by atomic mass is 10.1. The molecule has 4 heterocycles. The molecule has 0 saturated carbocycles. The van der Waals surface area contributed by atoms with Crippen LogP contribution in [0.1, 0.15) is 28.4 Å². The average molecular weight is 491 g/mol. The van der Waals surface area contributed by atoms with Gasteiger partial charge in [0.15, 0.2) is 0 Å². The lowest BCUT2D eigenvalue weighted by Crippen LogP contribution is -2.49. The Labute approximate surface area is 215 Å². The van der Waals surface area contributed by atoms with Crippen molar-refractivity contribution in [3.63, 3.8) is 0 Å². The number of ether oxygens (including phenoxy) is 1. The van der Waals surface area contributed by atoms with E-state index in [1.807, 2.05) is 60.5 Å². The van der Waals surface area contributed by atoms with Gasteiger partial charge in [-0.25, -0.2) is 9.50 Å². The molecule has 1 amide bonds. The van der Waals surface area contributed by atoms with Gasteiger partial charge in [-0.3, -0.25) is 4.79 Å². The third-order valence-electron chi connectivity index (χ3n) is 6.45. The number of fused-ring (bicyclic) bond motifs is 1. The fraction of sp³-hybridized carbons (Fsp3) is 0.241. The molecule has 0 bridgehead atoms. The first kappa shape index (κ1) is 23.9. The summed E-state index contributed by atoms with van der Waals surface area (Å²) in [7, 11) is 0. The fourth-order valence-corrected chi connectivity index (χ4v) is 4.63. The highest BCUT2D eigenvalue weighted by molar-refractivity contribution is 5.94. The molecule has 4 aromatic rings. The largest absolute Gasteiger partial charge is 0.492 e. The Kier molecular flexibility index (Phi) is 6.74. The predicted molar refractivity (Wildman–Crippen MR) is 141 cm³/mol. The maximum atomic E-state index is 13.0. The first-order valence-corrected chi connectivity index (χ1v) is 12.2. The van der Waals surface area contributed by atoms with Gasteiger partial charge >= 0.3 is 0 Å². The topological polar surface area (TPSA) is 86.8 Å². The van der Waals surface area contributed by atoms with Gasteiger partial charge in [-0.15, -0.1) is 12.3 Å². The van der Waals surface area contributed by atoms with Crippen LogP contribution >= 0.6 is 0 Å². The monoisotopic (exact) mass is 490 g/mol. The first-order chi connectivity index (χ1) is 18.1. The van der Waals surface area contributed by atoms with E-state index in [0.29, 0.717) is 56.1 Å². The van der Waals surface area contributed by atoms with Crippen LogP contribution in [0.3, 0.4) is 0 Å². The van der Waals surface area contributed by atoms with E-state index in [4.69, 9.17) is 16.1 Å². The minimum absolute atomic E-state index is 0.0223. The average Bonchev–Trinajstić information content (AvgIpc) is 3.36. The molecule has 37 heavy (non-hydrogen) atoms. The van der Waals surface area contributed by atoms with E-state index < -0.39 is 0 Å². The number of hydrogen-bond acceptors (Lipinski definition) is 6. The predicted octanol–water partition coefficient (Wildman–Crippen LogP) is 3.80. The van der Waals surface area contributed by atoms with E-state index >= 15 is 0 Å². The lowest BCUT2D eigenvalue weighted by molar-refractivity contribution is 0.0746. The molecule has 0 radical (unpaired) electrons. The van der Waals surface area contributed by atoms with Crippen LogP contribution in [0.4, 0.5) is 5.82 Å².